The van der Waals surface area contributed by atoms with Crippen LogP contribution in [0.2, 0.25) is 0 Å². The first-order valence-electron chi connectivity index (χ1n) is 7.36. The molecule has 0 saturated carbocycles. The highest BCUT2D eigenvalue weighted by Gasteiger charge is 2.23. The number of anilines is 1. The lowest BCUT2D eigenvalue weighted by atomic mass is 9.89. The number of rotatable bonds is 3. The number of nitrogens with zero attached hydrogens (tertiary/aromatic N) is 1. The number of hydrogen-bond acceptors (Lipinski definition) is 2. The zero-order valence-electron chi connectivity index (χ0n) is 12.2. The number of hydrogen-bond donors (Lipinski definition) is 1. The fraction of sp³-hybridized carbons (Fsp3) is 0.625. The lowest BCUT2D eigenvalue weighted by Gasteiger charge is -2.24. The van der Waals surface area contributed by atoms with Crippen LogP contribution in [-0.2, 0) is 6.61 Å². The number of benzene rings is 1. The first-order chi connectivity index (χ1) is 9.52. The maximum Gasteiger partial charge on any atom is 0.149 e. The Morgan fingerprint density at radius 2 is 1.85 bits per heavy atom. The molecular weight excluding hydrogens is 260 g/mol. The molecule has 0 aliphatic carbocycles. The molecule has 1 aliphatic rings. The summed E-state index contributed by atoms with van der Waals surface area (Å²) in [5, 5.41) is 8.98. The van der Waals surface area contributed by atoms with Crippen LogP contribution in [0.1, 0.15) is 38.7 Å². The van der Waals surface area contributed by atoms with Crippen molar-refractivity contribution in [2.45, 2.75) is 39.7 Å². The van der Waals surface area contributed by atoms with Gasteiger partial charge in [0, 0.05) is 13.1 Å². The van der Waals surface area contributed by atoms with Crippen LogP contribution >= 0.6 is 0 Å². The average Bonchev–Trinajstić information content (AvgIpc) is 2.63. The van der Waals surface area contributed by atoms with Crippen LogP contribution in [0.4, 0.5) is 14.5 Å². The van der Waals surface area contributed by atoms with Crippen molar-refractivity contribution in [1.82, 2.24) is 0 Å². The third-order valence-corrected chi connectivity index (χ3v) is 4.29. The quantitative estimate of drug-likeness (QED) is 0.914. The van der Waals surface area contributed by atoms with Crippen molar-refractivity contribution in [2.75, 3.05) is 18.0 Å². The molecule has 4 heteroatoms. The van der Waals surface area contributed by atoms with Gasteiger partial charge in [-0.3, -0.25) is 0 Å². The van der Waals surface area contributed by atoms with Gasteiger partial charge in [0.15, 0.2) is 0 Å². The number of aliphatic hydroxyl groups is 1. The van der Waals surface area contributed by atoms with E-state index in [4.69, 9.17) is 5.11 Å². The molecule has 1 aromatic rings. The first kappa shape index (κ1) is 15.2. The fourth-order valence-electron chi connectivity index (χ4n) is 3.02. The van der Waals surface area contributed by atoms with Crippen LogP contribution in [0.3, 0.4) is 0 Å². The molecule has 1 aromatic carbocycles. The zero-order chi connectivity index (χ0) is 14.7. The van der Waals surface area contributed by atoms with Crippen LogP contribution in [0.25, 0.3) is 0 Å². The summed E-state index contributed by atoms with van der Waals surface area (Å²) < 4.78 is 28.2. The molecule has 2 nitrogen and oxygen atoms in total. The molecule has 0 radical (unpaired) electrons. The highest BCUT2D eigenvalue weighted by molar-refractivity contribution is 5.50. The highest BCUT2D eigenvalue weighted by atomic mass is 19.1. The van der Waals surface area contributed by atoms with Crippen LogP contribution in [-0.4, -0.2) is 18.2 Å². The molecule has 20 heavy (non-hydrogen) atoms. The smallest absolute Gasteiger partial charge is 0.149 e. The van der Waals surface area contributed by atoms with Gasteiger partial charge in [-0.05, 0) is 48.8 Å². The van der Waals surface area contributed by atoms with Crippen molar-refractivity contribution < 1.29 is 13.9 Å². The van der Waals surface area contributed by atoms with Crippen LogP contribution < -0.4 is 4.90 Å². The van der Waals surface area contributed by atoms with Gasteiger partial charge in [-0.15, -0.1) is 0 Å². The standard InChI is InChI=1S/C16H23F2NO/c1-11(2)13-4-3-6-19(7-5-13)16-14(17)8-12(10-20)9-15(16)18/h8-9,11,13,20H,3-7,10H2,1-2H3. The highest BCUT2D eigenvalue weighted by Crippen LogP contribution is 2.30. The lowest BCUT2D eigenvalue weighted by Crippen LogP contribution is -2.26. The monoisotopic (exact) mass is 283 g/mol. The minimum atomic E-state index is -0.572. The van der Waals surface area contributed by atoms with Gasteiger partial charge in [0.25, 0.3) is 0 Å². The second kappa shape index (κ2) is 6.53. The summed E-state index contributed by atoms with van der Waals surface area (Å²) in [6, 6.07) is 2.45. The minimum Gasteiger partial charge on any atom is -0.392 e. The molecule has 0 amide bonds. The molecule has 0 bridgehead atoms. The predicted molar refractivity (Wildman–Crippen MR) is 76.7 cm³/mol. The third-order valence-electron chi connectivity index (χ3n) is 4.29. The Kier molecular flexibility index (Phi) is 4.97. The van der Waals surface area contributed by atoms with Gasteiger partial charge in [-0.1, -0.05) is 13.8 Å². The van der Waals surface area contributed by atoms with Crippen molar-refractivity contribution in [3.63, 3.8) is 0 Å². The van der Waals surface area contributed by atoms with Gasteiger partial charge in [-0.2, -0.15) is 0 Å². The second-order valence-electron chi connectivity index (χ2n) is 5.99. The third kappa shape index (κ3) is 3.29. The Labute approximate surface area is 119 Å². The predicted octanol–water partition coefficient (Wildman–Crippen LogP) is 3.72. The molecule has 0 spiro atoms. The van der Waals surface area contributed by atoms with Crippen molar-refractivity contribution in [1.29, 1.82) is 0 Å². The summed E-state index contributed by atoms with van der Waals surface area (Å²) in [4.78, 5) is 1.81. The largest absolute Gasteiger partial charge is 0.392 e. The van der Waals surface area contributed by atoms with E-state index >= 15 is 0 Å². The summed E-state index contributed by atoms with van der Waals surface area (Å²) in [6.45, 7) is 5.45. The van der Waals surface area contributed by atoms with Crippen LogP contribution in [0.15, 0.2) is 12.1 Å². The van der Waals surface area contributed by atoms with E-state index in [0.29, 0.717) is 24.9 Å². The Bertz CT molecular complexity index is 439. The van der Waals surface area contributed by atoms with Crippen molar-refractivity contribution in [3.8, 4) is 0 Å². The van der Waals surface area contributed by atoms with E-state index in [-0.39, 0.29) is 17.9 Å². The molecule has 1 aliphatic heterocycles. The van der Waals surface area contributed by atoms with Crippen molar-refractivity contribution in [2.24, 2.45) is 11.8 Å². The Morgan fingerprint density at radius 3 is 2.40 bits per heavy atom. The van der Waals surface area contributed by atoms with E-state index in [1.807, 2.05) is 4.90 Å². The molecule has 2 rings (SSSR count). The van der Waals surface area contributed by atoms with E-state index in [0.717, 1.165) is 19.3 Å². The van der Waals surface area contributed by atoms with Gasteiger partial charge in [-0.25, -0.2) is 8.78 Å². The van der Waals surface area contributed by atoms with Gasteiger partial charge < -0.3 is 10.0 Å². The normalized spacial score (nSPS) is 20.3. The molecule has 1 heterocycles. The first-order valence-corrected chi connectivity index (χ1v) is 7.36. The Balaban J connectivity index is 2.19. The van der Waals surface area contributed by atoms with E-state index in [1.54, 1.807) is 0 Å². The topological polar surface area (TPSA) is 23.5 Å². The molecule has 1 saturated heterocycles. The summed E-state index contributed by atoms with van der Waals surface area (Å²) >= 11 is 0. The Hall–Kier alpha value is -1.16. The summed E-state index contributed by atoms with van der Waals surface area (Å²) in [5.41, 5.74) is 0.338. The van der Waals surface area contributed by atoms with E-state index in [1.165, 1.54) is 12.1 Å². The van der Waals surface area contributed by atoms with Crippen LogP contribution in [0, 0.1) is 23.5 Å². The maximum absolute atomic E-state index is 14.1. The van der Waals surface area contributed by atoms with E-state index in [2.05, 4.69) is 13.8 Å². The minimum absolute atomic E-state index is 0.0617. The molecular formula is C16H23F2NO. The second-order valence-corrected chi connectivity index (χ2v) is 5.99. The maximum atomic E-state index is 14.1. The fourth-order valence-corrected chi connectivity index (χ4v) is 3.02. The number of halogens is 2. The van der Waals surface area contributed by atoms with Gasteiger partial charge >= 0.3 is 0 Å². The molecule has 112 valence electrons. The zero-order valence-corrected chi connectivity index (χ0v) is 12.2. The summed E-state index contributed by atoms with van der Waals surface area (Å²) in [5.74, 6) is 0.0957. The van der Waals surface area contributed by atoms with Gasteiger partial charge in [0.2, 0.25) is 0 Å². The van der Waals surface area contributed by atoms with E-state index in [9.17, 15) is 8.78 Å². The van der Waals surface area contributed by atoms with Crippen LogP contribution in [0.5, 0.6) is 0 Å². The molecule has 0 aromatic heterocycles. The molecule has 1 atom stereocenters. The SMILES string of the molecule is CC(C)C1CCCN(c2c(F)cc(CO)cc2F)CC1. The Morgan fingerprint density at radius 1 is 1.20 bits per heavy atom. The van der Waals surface area contributed by atoms with Gasteiger partial charge in [0.05, 0.1) is 6.61 Å². The molecule has 1 unspecified atom stereocenters. The summed E-state index contributed by atoms with van der Waals surface area (Å²) in [6.07, 6.45) is 3.05. The van der Waals surface area contributed by atoms with Gasteiger partial charge in [0.1, 0.15) is 17.3 Å². The van der Waals surface area contributed by atoms with Crippen molar-refractivity contribution >= 4 is 5.69 Å². The number of aliphatic hydroxyl groups excluding tert-OH is 1. The van der Waals surface area contributed by atoms with Crippen molar-refractivity contribution in [3.05, 3.63) is 29.3 Å². The van der Waals surface area contributed by atoms with E-state index < -0.39 is 11.6 Å². The molecule has 1 N–H and O–H groups in total. The lowest BCUT2D eigenvalue weighted by molar-refractivity contribution is 0.280. The molecule has 1 fully saturated rings. The summed E-state index contributed by atoms with van der Waals surface area (Å²) in [7, 11) is 0. The average molecular weight is 283 g/mol.